The minimum atomic E-state index is -0.854. The van der Waals surface area contributed by atoms with Gasteiger partial charge in [0.25, 0.3) is 0 Å². The van der Waals surface area contributed by atoms with Gasteiger partial charge in [-0.3, -0.25) is 9.59 Å². The molecule has 1 aromatic rings. The molecule has 1 aromatic carbocycles. The van der Waals surface area contributed by atoms with Crippen LogP contribution in [0.25, 0.3) is 0 Å². The first kappa shape index (κ1) is 16.0. The highest BCUT2D eigenvalue weighted by Crippen LogP contribution is 2.64. The van der Waals surface area contributed by atoms with Gasteiger partial charge in [-0.25, -0.2) is 0 Å². The predicted octanol–water partition coefficient (Wildman–Crippen LogP) is 2.58. The molecule has 2 aliphatic carbocycles. The van der Waals surface area contributed by atoms with Crippen molar-refractivity contribution in [2.24, 2.45) is 11.1 Å². The van der Waals surface area contributed by atoms with E-state index in [-0.39, 0.29) is 11.3 Å². The van der Waals surface area contributed by atoms with Gasteiger partial charge in [-0.2, -0.15) is 0 Å². The van der Waals surface area contributed by atoms with Gasteiger partial charge in [-0.15, -0.1) is 0 Å². The second kappa shape index (κ2) is 5.08. The molecule has 0 spiro atoms. The van der Waals surface area contributed by atoms with E-state index in [9.17, 15) is 9.59 Å². The van der Waals surface area contributed by atoms with Crippen LogP contribution in [0.2, 0.25) is 0 Å². The Kier molecular flexibility index (Phi) is 3.54. The molecule has 0 aliphatic heterocycles. The molecule has 2 aliphatic rings. The molecule has 2 amide bonds. The largest absolute Gasteiger partial charge is 0.368 e. The van der Waals surface area contributed by atoms with Crippen LogP contribution < -0.4 is 11.1 Å². The summed E-state index contributed by atoms with van der Waals surface area (Å²) in [5.41, 5.74) is 6.31. The summed E-state index contributed by atoms with van der Waals surface area (Å²) in [6.07, 6.45) is 3.97. The highest BCUT2D eigenvalue weighted by molar-refractivity contribution is 5.98. The second-order valence-electron chi connectivity index (χ2n) is 7.94. The molecule has 0 aromatic heterocycles. The van der Waals surface area contributed by atoms with Crippen LogP contribution in [-0.2, 0) is 15.0 Å². The average molecular weight is 314 g/mol. The van der Waals surface area contributed by atoms with Crippen molar-refractivity contribution >= 4 is 11.8 Å². The maximum absolute atomic E-state index is 13.2. The minimum absolute atomic E-state index is 0.0490. The van der Waals surface area contributed by atoms with E-state index in [1.165, 1.54) is 5.56 Å². The standard InChI is InChI=1S/C19H26N2O2/c1-13-6-8-14(9-7-13)19(12-17(19,2)3)16(23)21-18(15(20)22)10-4-5-11-18/h6-9H,4-5,10-12H2,1-3H3,(H2,20,22)(H,21,23). The first-order valence-electron chi connectivity index (χ1n) is 8.43. The van der Waals surface area contributed by atoms with Gasteiger partial charge in [-0.1, -0.05) is 56.5 Å². The number of benzene rings is 1. The normalized spacial score (nSPS) is 27.4. The number of rotatable bonds is 4. The van der Waals surface area contributed by atoms with Gasteiger partial charge in [0.05, 0.1) is 5.41 Å². The highest BCUT2D eigenvalue weighted by atomic mass is 16.2. The van der Waals surface area contributed by atoms with Gasteiger partial charge in [0, 0.05) is 0 Å². The van der Waals surface area contributed by atoms with Crippen molar-refractivity contribution in [3.05, 3.63) is 35.4 Å². The molecule has 4 nitrogen and oxygen atoms in total. The lowest BCUT2D eigenvalue weighted by Crippen LogP contribution is -2.58. The summed E-state index contributed by atoms with van der Waals surface area (Å²) in [6, 6.07) is 8.15. The average Bonchev–Trinajstić information content (AvgIpc) is 2.84. The van der Waals surface area contributed by atoms with Crippen molar-refractivity contribution in [2.45, 2.75) is 63.8 Å². The Morgan fingerprint density at radius 2 is 1.61 bits per heavy atom. The Balaban J connectivity index is 1.92. The number of carbonyl (C=O) groups excluding carboxylic acids is 2. The summed E-state index contributed by atoms with van der Waals surface area (Å²) in [5, 5.41) is 3.05. The van der Waals surface area contributed by atoms with Crippen molar-refractivity contribution in [3.63, 3.8) is 0 Å². The Morgan fingerprint density at radius 3 is 2.04 bits per heavy atom. The Labute approximate surface area is 137 Å². The van der Waals surface area contributed by atoms with E-state index in [0.717, 1.165) is 24.8 Å². The molecule has 0 saturated heterocycles. The first-order valence-corrected chi connectivity index (χ1v) is 8.43. The lowest BCUT2D eigenvalue weighted by atomic mass is 9.85. The summed E-state index contributed by atoms with van der Waals surface area (Å²) < 4.78 is 0. The predicted molar refractivity (Wildman–Crippen MR) is 89.8 cm³/mol. The third-order valence-corrected chi connectivity index (χ3v) is 5.95. The SMILES string of the molecule is Cc1ccc(C2(C(=O)NC3(C(N)=O)CCCC3)CC2(C)C)cc1. The monoisotopic (exact) mass is 314 g/mol. The zero-order valence-corrected chi connectivity index (χ0v) is 14.2. The van der Waals surface area contributed by atoms with Crippen LogP contribution in [0.1, 0.15) is 57.1 Å². The molecule has 124 valence electrons. The number of nitrogens with one attached hydrogen (secondary N) is 1. The zero-order chi connectivity index (χ0) is 16.9. The molecule has 0 heterocycles. The number of primary amides is 1. The molecular formula is C19H26N2O2. The van der Waals surface area contributed by atoms with Crippen molar-refractivity contribution in [1.82, 2.24) is 5.32 Å². The van der Waals surface area contributed by atoms with Gasteiger partial charge in [0.15, 0.2) is 0 Å². The Bertz CT molecular complexity index is 642. The topological polar surface area (TPSA) is 72.2 Å². The number of nitrogens with two attached hydrogens (primary N) is 1. The van der Waals surface area contributed by atoms with Crippen molar-refractivity contribution in [2.75, 3.05) is 0 Å². The smallest absolute Gasteiger partial charge is 0.243 e. The number of carbonyl (C=O) groups is 2. The molecule has 0 radical (unpaired) electrons. The molecule has 1 atom stereocenters. The number of amides is 2. The van der Waals surface area contributed by atoms with Crippen LogP contribution in [0.5, 0.6) is 0 Å². The van der Waals surface area contributed by atoms with Crippen LogP contribution in [0.3, 0.4) is 0 Å². The Hall–Kier alpha value is -1.84. The first-order chi connectivity index (χ1) is 10.7. The fraction of sp³-hybridized carbons (Fsp3) is 0.579. The second-order valence-corrected chi connectivity index (χ2v) is 7.94. The summed E-state index contributed by atoms with van der Waals surface area (Å²) in [7, 11) is 0. The molecule has 1 unspecified atom stereocenters. The molecule has 4 heteroatoms. The van der Waals surface area contributed by atoms with Crippen LogP contribution >= 0.6 is 0 Å². The summed E-state index contributed by atoms with van der Waals surface area (Å²) >= 11 is 0. The van der Waals surface area contributed by atoms with Crippen molar-refractivity contribution < 1.29 is 9.59 Å². The molecule has 3 N–H and O–H groups in total. The van der Waals surface area contributed by atoms with Crippen molar-refractivity contribution in [3.8, 4) is 0 Å². The third kappa shape index (κ3) is 2.35. The molecule has 0 bridgehead atoms. The third-order valence-electron chi connectivity index (χ3n) is 5.95. The van der Waals surface area contributed by atoms with Gasteiger partial charge >= 0.3 is 0 Å². The van der Waals surface area contributed by atoms with Gasteiger partial charge in [0.1, 0.15) is 5.54 Å². The fourth-order valence-corrected chi connectivity index (χ4v) is 4.20. The quantitative estimate of drug-likeness (QED) is 0.896. The van der Waals surface area contributed by atoms with Crippen LogP contribution in [0, 0.1) is 12.3 Å². The van der Waals surface area contributed by atoms with Crippen molar-refractivity contribution in [1.29, 1.82) is 0 Å². The number of hydrogen-bond acceptors (Lipinski definition) is 2. The molecular weight excluding hydrogens is 288 g/mol. The molecule has 2 fully saturated rings. The van der Waals surface area contributed by atoms with E-state index in [2.05, 4.69) is 19.2 Å². The van der Waals surface area contributed by atoms with E-state index in [0.29, 0.717) is 12.8 Å². The summed E-state index contributed by atoms with van der Waals surface area (Å²) in [6.45, 7) is 6.26. The van der Waals surface area contributed by atoms with E-state index < -0.39 is 16.9 Å². The molecule has 23 heavy (non-hydrogen) atoms. The summed E-state index contributed by atoms with van der Waals surface area (Å²) in [4.78, 5) is 25.1. The highest BCUT2D eigenvalue weighted by Gasteiger charge is 2.67. The van der Waals surface area contributed by atoms with E-state index in [4.69, 9.17) is 5.73 Å². The van der Waals surface area contributed by atoms with E-state index >= 15 is 0 Å². The van der Waals surface area contributed by atoms with E-state index in [1.54, 1.807) is 0 Å². The maximum Gasteiger partial charge on any atom is 0.243 e. The Morgan fingerprint density at radius 1 is 1.09 bits per heavy atom. The fourth-order valence-electron chi connectivity index (χ4n) is 4.20. The minimum Gasteiger partial charge on any atom is -0.368 e. The van der Waals surface area contributed by atoms with E-state index in [1.807, 2.05) is 31.2 Å². The molecule has 2 saturated carbocycles. The maximum atomic E-state index is 13.2. The van der Waals surface area contributed by atoms with Crippen LogP contribution in [-0.4, -0.2) is 17.4 Å². The molecule has 3 rings (SSSR count). The number of aryl methyl sites for hydroxylation is 1. The van der Waals surface area contributed by atoms with Gasteiger partial charge in [0.2, 0.25) is 11.8 Å². The van der Waals surface area contributed by atoms with Gasteiger partial charge in [-0.05, 0) is 37.2 Å². The lowest BCUT2D eigenvalue weighted by molar-refractivity contribution is -0.133. The zero-order valence-electron chi connectivity index (χ0n) is 14.2. The number of hydrogen-bond donors (Lipinski definition) is 2. The van der Waals surface area contributed by atoms with Crippen LogP contribution in [0.15, 0.2) is 24.3 Å². The van der Waals surface area contributed by atoms with Crippen LogP contribution in [0.4, 0.5) is 0 Å². The lowest BCUT2D eigenvalue weighted by Gasteiger charge is -2.30. The summed E-state index contributed by atoms with van der Waals surface area (Å²) in [5.74, 6) is -0.451. The van der Waals surface area contributed by atoms with Gasteiger partial charge < -0.3 is 11.1 Å².